The predicted molar refractivity (Wildman–Crippen MR) is 91.0 cm³/mol. The average molecular weight is 306 g/mol. The standard InChI is InChI=1S/C19H30O3/c1-17(2,3)16(20)13-11-10-12-14(21-18(4,5)6)15(13)22-19(7,8)9/h10-12H,1-9H3. The zero-order chi connectivity index (χ0) is 17.3. The molecule has 0 saturated heterocycles. The number of carbonyl (C=O) groups is 1. The third kappa shape index (κ3) is 5.36. The summed E-state index contributed by atoms with van der Waals surface area (Å²) in [6.45, 7) is 17.6. The largest absolute Gasteiger partial charge is 0.484 e. The summed E-state index contributed by atoms with van der Waals surface area (Å²) in [7, 11) is 0. The van der Waals surface area contributed by atoms with E-state index in [4.69, 9.17) is 9.47 Å². The fourth-order valence-corrected chi connectivity index (χ4v) is 1.92. The summed E-state index contributed by atoms with van der Waals surface area (Å²) in [4.78, 5) is 12.8. The lowest BCUT2D eigenvalue weighted by Crippen LogP contribution is -2.29. The smallest absolute Gasteiger partial charge is 0.172 e. The summed E-state index contributed by atoms with van der Waals surface area (Å²) in [6, 6.07) is 5.51. The molecule has 0 fully saturated rings. The fourth-order valence-electron chi connectivity index (χ4n) is 1.92. The van der Waals surface area contributed by atoms with Gasteiger partial charge in [-0.15, -0.1) is 0 Å². The number of para-hydroxylation sites is 1. The Morgan fingerprint density at radius 2 is 1.32 bits per heavy atom. The van der Waals surface area contributed by atoms with Crippen LogP contribution >= 0.6 is 0 Å². The van der Waals surface area contributed by atoms with E-state index in [0.717, 1.165) is 0 Å². The van der Waals surface area contributed by atoms with Gasteiger partial charge in [0.15, 0.2) is 17.3 Å². The molecule has 0 aromatic heterocycles. The summed E-state index contributed by atoms with van der Waals surface area (Å²) in [5, 5.41) is 0. The van der Waals surface area contributed by atoms with Gasteiger partial charge >= 0.3 is 0 Å². The molecule has 0 spiro atoms. The lowest BCUT2D eigenvalue weighted by molar-refractivity contribution is 0.0805. The van der Waals surface area contributed by atoms with Crippen molar-refractivity contribution in [3.8, 4) is 11.5 Å². The zero-order valence-electron chi connectivity index (χ0n) is 15.5. The van der Waals surface area contributed by atoms with Crippen LogP contribution in [0.1, 0.15) is 72.7 Å². The fraction of sp³-hybridized carbons (Fsp3) is 0.632. The number of Topliss-reactive ketones (excluding diaryl/α,β-unsaturated/α-hetero) is 1. The highest BCUT2D eigenvalue weighted by Crippen LogP contribution is 2.38. The molecule has 3 heteroatoms. The Morgan fingerprint density at radius 3 is 1.73 bits per heavy atom. The van der Waals surface area contributed by atoms with E-state index >= 15 is 0 Å². The molecule has 0 aliphatic rings. The summed E-state index contributed by atoms with van der Waals surface area (Å²) in [5.41, 5.74) is -0.677. The Labute approximate surface area is 135 Å². The van der Waals surface area contributed by atoms with E-state index < -0.39 is 11.0 Å². The van der Waals surface area contributed by atoms with Crippen LogP contribution in [0.2, 0.25) is 0 Å². The second-order valence-electron chi connectivity index (χ2n) is 8.64. The average Bonchev–Trinajstić information content (AvgIpc) is 2.25. The second kappa shape index (κ2) is 5.94. The van der Waals surface area contributed by atoms with E-state index in [1.54, 1.807) is 0 Å². The van der Waals surface area contributed by atoms with Crippen LogP contribution in [0.4, 0.5) is 0 Å². The molecule has 124 valence electrons. The van der Waals surface area contributed by atoms with E-state index in [-0.39, 0.29) is 11.4 Å². The normalized spacial score (nSPS) is 13.0. The highest BCUT2D eigenvalue weighted by Gasteiger charge is 2.30. The monoisotopic (exact) mass is 306 g/mol. The maximum Gasteiger partial charge on any atom is 0.172 e. The van der Waals surface area contributed by atoms with Crippen LogP contribution in [0, 0.1) is 5.41 Å². The number of hydrogen-bond acceptors (Lipinski definition) is 3. The number of benzene rings is 1. The number of carbonyl (C=O) groups excluding carboxylic acids is 1. The van der Waals surface area contributed by atoms with Gasteiger partial charge in [-0.05, 0) is 53.7 Å². The molecule has 22 heavy (non-hydrogen) atoms. The number of hydrogen-bond donors (Lipinski definition) is 0. The van der Waals surface area contributed by atoms with Gasteiger partial charge in [0.05, 0.1) is 5.56 Å². The minimum absolute atomic E-state index is 0.0473. The van der Waals surface area contributed by atoms with E-state index in [1.807, 2.05) is 80.5 Å². The van der Waals surface area contributed by atoms with Crippen molar-refractivity contribution in [2.24, 2.45) is 5.41 Å². The Balaban J connectivity index is 3.44. The zero-order valence-corrected chi connectivity index (χ0v) is 15.5. The highest BCUT2D eigenvalue weighted by molar-refractivity contribution is 6.02. The molecule has 0 aliphatic carbocycles. The first-order valence-electron chi connectivity index (χ1n) is 7.76. The Hall–Kier alpha value is -1.51. The van der Waals surface area contributed by atoms with Crippen LogP contribution in [-0.2, 0) is 0 Å². The van der Waals surface area contributed by atoms with E-state index in [0.29, 0.717) is 17.1 Å². The molecule has 3 nitrogen and oxygen atoms in total. The molecule has 0 unspecified atom stereocenters. The third-order valence-electron chi connectivity index (χ3n) is 2.73. The Morgan fingerprint density at radius 1 is 0.818 bits per heavy atom. The summed E-state index contributed by atoms with van der Waals surface area (Å²) in [5.74, 6) is 1.19. The summed E-state index contributed by atoms with van der Waals surface area (Å²) < 4.78 is 12.1. The first-order chi connectivity index (χ1) is 9.71. The predicted octanol–water partition coefficient (Wildman–Crippen LogP) is 5.27. The second-order valence-corrected chi connectivity index (χ2v) is 8.64. The van der Waals surface area contributed by atoms with Crippen LogP contribution in [-0.4, -0.2) is 17.0 Å². The van der Waals surface area contributed by atoms with Gasteiger partial charge in [0, 0.05) is 5.41 Å². The quantitative estimate of drug-likeness (QED) is 0.714. The molecule has 0 bridgehead atoms. The van der Waals surface area contributed by atoms with Gasteiger partial charge in [-0.25, -0.2) is 0 Å². The number of rotatable bonds is 3. The van der Waals surface area contributed by atoms with E-state index in [2.05, 4.69) is 0 Å². The summed E-state index contributed by atoms with van der Waals surface area (Å²) >= 11 is 0. The van der Waals surface area contributed by atoms with Crippen molar-refractivity contribution in [3.05, 3.63) is 23.8 Å². The molecular weight excluding hydrogens is 276 g/mol. The van der Waals surface area contributed by atoms with Gasteiger partial charge in [-0.3, -0.25) is 4.79 Å². The van der Waals surface area contributed by atoms with Gasteiger partial charge < -0.3 is 9.47 Å². The first kappa shape index (κ1) is 18.5. The minimum Gasteiger partial charge on any atom is -0.484 e. The maximum atomic E-state index is 12.8. The molecule has 0 atom stereocenters. The first-order valence-corrected chi connectivity index (χ1v) is 7.76. The van der Waals surface area contributed by atoms with Crippen molar-refractivity contribution in [1.82, 2.24) is 0 Å². The molecule has 0 aliphatic heterocycles. The highest BCUT2D eigenvalue weighted by atomic mass is 16.5. The lowest BCUT2D eigenvalue weighted by Gasteiger charge is -2.29. The van der Waals surface area contributed by atoms with Crippen molar-refractivity contribution in [3.63, 3.8) is 0 Å². The van der Waals surface area contributed by atoms with Gasteiger partial charge in [0.25, 0.3) is 0 Å². The maximum absolute atomic E-state index is 12.8. The van der Waals surface area contributed by atoms with E-state index in [9.17, 15) is 4.79 Å². The van der Waals surface area contributed by atoms with Crippen molar-refractivity contribution in [2.75, 3.05) is 0 Å². The topological polar surface area (TPSA) is 35.5 Å². The van der Waals surface area contributed by atoms with Crippen LogP contribution in [0.5, 0.6) is 11.5 Å². The molecule has 0 amide bonds. The molecule has 0 heterocycles. The minimum atomic E-state index is -0.476. The van der Waals surface area contributed by atoms with Crippen molar-refractivity contribution < 1.29 is 14.3 Å². The Bertz CT molecular complexity index is 537. The molecule has 1 aromatic rings. The number of ketones is 1. The molecule has 0 N–H and O–H groups in total. The lowest BCUT2D eigenvalue weighted by atomic mass is 9.86. The van der Waals surface area contributed by atoms with Gasteiger partial charge in [-0.1, -0.05) is 26.8 Å². The van der Waals surface area contributed by atoms with Crippen molar-refractivity contribution in [1.29, 1.82) is 0 Å². The van der Waals surface area contributed by atoms with Crippen LogP contribution in [0.25, 0.3) is 0 Å². The molecule has 1 aromatic carbocycles. The Kier molecular flexibility index (Phi) is 5.01. The SMILES string of the molecule is CC(C)(C)Oc1cccc(C(=O)C(C)(C)C)c1OC(C)(C)C. The summed E-state index contributed by atoms with van der Waals surface area (Å²) in [6.07, 6.45) is 0. The van der Waals surface area contributed by atoms with E-state index in [1.165, 1.54) is 0 Å². The molecule has 0 radical (unpaired) electrons. The number of ether oxygens (including phenoxy) is 2. The molecule has 1 rings (SSSR count). The van der Waals surface area contributed by atoms with Crippen molar-refractivity contribution in [2.45, 2.75) is 73.5 Å². The van der Waals surface area contributed by atoms with Gasteiger partial charge in [-0.2, -0.15) is 0 Å². The molecular formula is C19H30O3. The van der Waals surface area contributed by atoms with Gasteiger partial charge in [0.2, 0.25) is 0 Å². The van der Waals surface area contributed by atoms with Gasteiger partial charge in [0.1, 0.15) is 11.2 Å². The van der Waals surface area contributed by atoms with Crippen molar-refractivity contribution >= 4 is 5.78 Å². The third-order valence-corrected chi connectivity index (χ3v) is 2.73. The van der Waals surface area contributed by atoms with Crippen LogP contribution in [0.15, 0.2) is 18.2 Å². The van der Waals surface area contributed by atoms with Crippen LogP contribution in [0.3, 0.4) is 0 Å². The van der Waals surface area contributed by atoms with Crippen LogP contribution < -0.4 is 9.47 Å². The molecule has 0 saturated carbocycles.